The summed E-state index contributed by atoms with van der Waals surface area (Å²) in [7, 11) is 0. The van der Waals surface area contributed by atoms with Crippen molar-refractivity contribution in [2.45, 2.75) is 44.7 Å². The number of piperidine rings is 1. The van der Waals surface area contributed by atoms with Crippen LogP contribution in [0.5, 0.6) is 0 Å². The van der Waals surface area contributed by atoms with Crippen LogP contribution in [0.2, 0.25) is 0 Å². The minimum atomic E-state index is -0.124. The molecule has 0 N–H and O–H groups in total. The summed E-state index contributed by atoms with van der Waals surface area (Å²) in [5.74, 6) is -0.0331. The maximum Gasteiger partial charge on any atom is 0.327 e. The van der Waals surface area contributed by atoms with Gasteiger partial charge in [-0.05, 0) is 38.7 Å². The number of carbonyl (C=O) groups excluding carboxylic acids is 3. The van der Waals surface area contributed by atoms with Crippen LogP contribution < -0.4 is 0 Å². The summed E-state index contributed by atoms with van der Waals surface area (Å²) in [4.78, 5) is 41.1. The number of urea groups is 1. The van der Waals surface area contributed by atoms with Gasteiger partial charge in [0.2, 0.25) is 5.91 Å². The van der Waals surface area contributed by atoms with Crippen molar-refractivity contribution in [2.75, 3.05) is 19.6 Å². The van der Waals surface area contributed by atoms with Crippen molar-refractivity contribution in [1.82, 2.24) is 14.7 Å². The van der Waals surface area contributed by atoms with Crippen LogP contribution in [0.3, 0.4) is 0 Å². The lowest BCUT2D eigenvalue weighted by Crippen LogP contribution is -2.47. The van der Waals surface area contributed by atoms with Gasteiger partial charge >= 0.3 is 6.03 Å². The molecule has 0 radical (unpaired) electrons. The molecule has 1 saturated carbocycles. The summed E-state index contributed by atoms with van der Waals surface area (Å²) < 4.78 is 0. The standard InChI is InChI=1S/C15H21N3O3/c1-2-3-13(19)16-8-6-11(7-9-16)17-10-14(20)18(15(17)21)12-4-5-12/h2-3,11-12H,4-10H2,1H3. The molecule has 3 aliphatic rings. The number of rotatable bonds is 3. The van der Waals surface area contributed by atoms with Crippen LogP contribution in [0.25, 0.3) is 0 Å². The van der Waals surface area contributed by atoms with Gasteiger partial charge in [0.05, 0.1) is 0 Å². The number of imide groups is 1. The summed E-state index contributed by atoms with van der Waals surface area (Å²) in [6.45, 7) is 3.33. The highest BCUT2D eigenvalue weighted by Gasteiger charge is 2.47. The van der Waals surface area contributed by atoms with E-state index in [-0.39, 0.29) is 36.5 Å². The van der Waals surface area contributed by atoms with Crippen molar-refractivity contribution in [3.05, 3.63) is 12.2 Å². The van der Waals surface area contributed by atoms with Crippen molar-refractivity contribution >= 4 is 17.8 Å². The minimum absolute atomic E-state index is 0.0272. The highest BCUT2D eigenvalue weighted by Crippen LogP contribution is 2.32. The van der Waals surface area contributed by atoms with E-state index in [2.05, 4.69) is 0 Å². The zero-order chi connectivity index (χ0) is 15.0. The molecule has 0 aromatic rings. The molecule has 0 spiro atoms. The van der Waals surface area contributed by atoms with E-state index >= 15 is 0 Å². The summed E-state index contributed by atoms with van der Waals surface area (Å²) in [5, 5.41) is 0. The van der Waals surface area contributed by atoms with Crippen molar-refractivity contribution < 1.29 is 14.4 Å². The van der Waals surface area contributed by atoms with E-state index in [9.17, 15) is 14.4 Å². The van der Waals surface area contributed by atoms with Gasteiger partial charge < -0.3 is 9.80 Å². The Bertz CT molecular complexity index is 490. The van der Waals surface area contributed by atoms with Crippen LogP contribution in [0.15, 0.2) is 12.2 Å². The van der Waals surface area contributed by atoms with E-state index in [1.54, 1.807) is 22.0 Å². The first kappa shape index (κ1) is 14.1. The molecule has 2 aliphatic heterocycles. The second-order valence-electron chi connectivity index (χ2n) is 5.96. The fourth-order valence-electron chi connectivity index (χ4n) is 3.16. The van der Waals surface area contributed by atoms with Crippen LogP contribution in [0.4, 0.5) is 4.79 Å². The van der Waals surface area contributed by atoms with Gasteiger partial charge in [0, 0.05) is 25.2 Å². The number of likely N-dealkylation sites (tertiary alicyclic amines) is 1. The number of amides is 4. The zero-order valence-corrected chi connectivity index (χ0v) is 12.3. The molecule has 0 unspecified atom stereocenters. The first-order chi connectivity index (χ1) is 10.1. The number of carbonyl (C=O) groups is 3. The van der Waals surface area contributed by atoms with Crippen molar-refractivity contribution in [3.8, 4) is 0 Å². The van der Waals surface area contributed by atoms with Gasteiger partial charge in [0.1, 0.15) is 6.54 Å². The van der Waals surface area contributed by atoms with E-state index in [0.29, 0.717) is 13.1 Å². The quantitative estimate of drug-likeness (QED) is 0.575. The smallest absolute Gasteiger partial charge is 0.327 e. The SMILES string of the molecule is CC=CC(=O)N1CCC(N2CC(=O)N(C3CC3)C2=O)CC1. The number of allylic oxidation sites excluding steroid dienone is 1. The lowest BCUT2D eigenvalue weighted by Gasteiger charge is -2.35. The van der Waals surface area contributed by atoms with E-state index in [1.165, 1.54) is 4.90 Å². The molecular formula is C15H21N3O3. The molecule has 2 saturated heterocycles. The Balaban J connectivity index is 1.58. The lowest BCUT2D eigenvalue weighted by molar-refractivity contribution is -0.128. The third-order valence-electron chi connectivity index (χ3n) is 4.46. The highest BCUT2D eigenvalue weighted by molar-refractivity contribution is 6.02. The van der Waals surface area contributed by atoms with Gasteiger partial charge in [0.25, 0.3) is 5.91 Å². The third kappa shape index (κ3) is 2.66. The molecule has 1 aliphatic carbocycles. The maximum atomic E-state index is 12.4. The normalized spacial score (nSPS) is 24.5. The summed E-state index contributed by atoms with van der Waals surface area (Å²) in [6.07, 6.45) is 6.70. The maximum absolute atomic E-state index is 12.4. The van der Waals surface area contributed by atoms with E-state index in [0.717, 1.165) is 25.7 Å². The molecule has 0 aromatic carbocycles. The summed E-state index contributed by atoms with van der Waals surface area (Å²) in [5.41, 5.74) is 0. The Morgan fingerprint density at radius 2 is 1.76 bits per heavy atom. The Labute approximate surface area is 124 Å². The molecule has 21 heavy (non-hydrogen) atoms. The average molecular weight is 291 g/mol. The zero-order valence-electron chi connectivity index (χ0n) is 12.3. The van der Waals surface area contributed by atoms with Gasteiger partial charge in [-0.2, -0.15) is 0 Å². The molecule has 0 aromatic heterocycles. The van der Waals surface area contributed by atoms with Crippen LogP contribution in [0.1, 0.15) is 32.6 Å². The first-order valence-electron chi connectivity index (χ1n) is 7.66. The lowest BCUT2D eigenvalue weighted by atomic mass is 10.0. The fraction of sp³-hybridized carbons (Fsp3) is 0.667. The third-order valence-corrected chi connectivity index (χ3v) is 4.46. The Morgan fingerprint density at radius 3 is 2.33 bits per heavy atom. The monoisotopic (exact) mass is 291 g/mol. The molecule has 2 heterocycles. The first-order valence-corrected chi connectivity index (χ1v) is 7.66. The molecular weight excluding hydrogens is 270 g/mol. The number of hydrogen-bond donors (Lipinski definition) is 0. The molecule has 3 rings (SSSR count). The van der Waals surface area contributed by atoms with Crippen molar-refractivity contribution in [3.63, 3.8) is 0 Å². The second kappa shape index (κ2) is 5.50. The van der Waals surface area contributed by atoms with Gasteiger partial charge in [-0.1, -0.05) is 6.08 Å². The molecule has 0 atom stereocenters. The van der Waals surface area contributed by atoms with E-state index < -0.39 is 0 Å². The Morgan fingerprint density at radius 1 is 1.10 bits per heavy atom. The molecule has 6 heteroatoms. The second-order valence-corrected chi connectivity index (χ2v) is 5.96. The molecule has 0 bridgehead atoms. The van der Waals surface area contributed by atoms with Gasteiger partial charge in [-0.3, -0.25) is 14.5 Å². The van der Waals surface area contributed by atoms with Gasteiger partial charge in [-0.15, -0.1) is 0 Å². The van der Waals surface area contributed by atoms with Crippen LogP contribution in [-0.4, -0.2) is 64.3 Å². The molecule has 4 amide bonds. The largest absolute Gasteiger partial charge is 0.339 e. The topological polar surface area (TPSA) is 60.9 Å². The molecule has 6 nitrogen and oxygen atoms in total. The summed E-state index contributed by atoms with van der Waals surface area (Å²) >= 11 is 0. The predicted octanol–water partition coefficient (Wildman–Crippen LogP) is 0.980. The number of nitrogens with zero attached hydrogens (tertiary/aromatic N) is 3. The van der Waals surface area contributed by atoms with Crippen LogP contribution in [0, 0.1) is 0 Å². The van der Waals surface area contributed by atoms with Gasteiger partial charge in [0.15, 0.2) is 0 Å². The minimum Gasteiger partial charge on any atom is -0.339 e. The predicted molar refractivity (Wildman–Crippen MR) is 76.4 cm³/mol. The molecule has 114 valence electrons. The van der Waals surface area contributed by atoms with E-state index in [1.807, 2.05) is 6.92 Å². The van der Waals surface area contributed by atoms with Crippen molar-refractivity contribution in [1.29, 1.82) is 0 Å². The Kier molecular flexibility index (Phi) is 3.69. The Hall–Kier alpha value is -1.85. The summed E-state index contributed by atoms with van der Waals surface area (Å²) in [6, 6.07) is 0.104. The number of hydrogen-bond acceptors (Lipinski definition) is 3. The van der Waals surface area contributed by atoms with Gasteiger partial charge in [-0.25, -0.2) is 4.79 Å². The molecule has 3 fully saturated rings. The van der Waals surface area contributed by atoms with Crippen LogP contribution >= 0.6 is 0 Å². The highest BCUT2D eigenvalue weighted by atomic mass is 16.2. The average Bonchev–Trinajstić information content (AvgIpc) is 3.25. The van der Waals surface area contributed by atoms with Crippen LogP contribution in [-0.2, 0) is 9.59 Å². The van der Waals surface area contributed by atoms with Crippen molar-refractivity contribution in [2.24, 2.45) is 0 Å². The fourth-order valence-corrected chi connectivity index (χ4v) is 3.16. The van der Waals surface area contributed by atoms with E-state index in [4.69, 9.17) is 0 Å².